The van der Waals surface area contributed by atoms with Crippen LogP contribution in [0.4, 0.5) is 0 Å². The molecule has 2 atom stereocenters. The molecule has 31 heavy (non-hydrogen) atoms. The fourth-order valence-electron chi connectivity index (χ4n) is 8.41. The van der Waals surface area contributed by atoms with E-state index >= 15 is 0 Å². The minimum atomic E-state index is 0.429. The zero-order valence-electron chi connectivity index (χ0n) is 21.8. The molecule has 1 saturated carbocycles. The predicted molar refractivity (Wildman–Crippen MR) is 136 cm³/mol. The van der Waals surface area contributed by atoms with E-state index in [2.05, 4.69) is 55.4 Å². The Morgan fingerprint density at radius 1 is 0.581 bits per heavy atom. The van der Waals surface area contributed by atoms with Crippen LogP contribution in [0.25, 0.3) is 0 Å². The van der Waals surface area contributed by atoms with E-state index in [1.165, 1.54) is 51.0 Å². The lowest BCUT2D eigenvalue weighted by atomic mass is 9.31. The molecule has 170 valence electrons. The Balaban J connectivity index is 1.61. The van der Waals surface area contributed by atoms with Crippen LogP contribution >= 0.6 is 0 Å². The van der Waals surface area contributed by atoms with Gasteiger partial charge in [0.25, 0.3) is 0 Å². The Kier molecular flexibility index (Phi) is 5.08. The molecule has 3 heteroatoms. The smallest absolute Gasteiger partial charge is 0.172 e. The molecule has 0 aromatic carbocycles. The second kappa shape index (κ2) is 7.04. The Hall–Kier alpha value is -0.430. The topological polar surface area (TPSA) is 9.23 Å². The van der Waals surface area contributed by atoms with Crippen LogP contribution in [-0.2, 0) is 4.74 Å². The van der Waals surface area contributed by atoms with Crippen LogP contribution < -0.4 is 0 Å². The summed E-state index contributed by atoms with van der Waals surface area (Å²) in [5, 5.41) is 0. The average Bonchev–Trinajstić information content (AvgIpc) is 3.26. The van der Waals surface area contributed by atoms with Crippen LogP contribution in [0, 0.1) is 33.5 Å². The highest BCUT2D eigenvalue weighted by Crippen LogP contribution is 2.61. The van der Waals surface area contributed by atoms with Gasteiger partial charge in [-0.1, -0.05) is 103 Å². The zero-order chi connectivity index (χ0) is 22.4. The predicted octanol–water partition coefficient (Wildman–Crippen LogP) is 7.63. The Morgan fingerprint density at radius 2 is 0.903 bits per heavy atom. The summed E-state index contributed by atoms with van der Waals surface area (Å²) in [4.78, 5) is 0. The van der Waals surface area contributed by atoms with Crippen molar-refractivity contribution in [3.63, 3.8) is 0 Å². The monoisotopic (exact) mass is 420 g/mol. The van der Waals surface area contributed by atoms with E-state index in [0.29, 0.717) is 33.5 Å². The number of ether oxygens (including phenoxy) is 1. The van der Waals surface area contributed by atoms with Crippen LogP contribution in [0.3, 0.4) is 0 Å². The second-order valence-electron chi connectivity index (χ2n) is 14.6. The van der Waals surface area contributed by atoms with Crippen LogP contribution in [0.5, 0.6) is 0 Å². The fourth-order valence-corrected chi connectivity index (χ4v) is 8.41. The van der Waals surface area contributed by atoms with Gasteiger partial charge in [0, 0.05) is 11.8 Å². The van der Waals surface area contributed by atoms with Crippen LogP contribution in [0.15, 0.2) is 22.1 Å². The molecule has 3 heterocycles. The molecule has 0 spiro atoms. The Morgan fingerprint density at radius 3 is 1.23 bits per heavy atom. The maximum atomic E-state index is 6.32. The van der Waals surface area contributed by atoms with Crippen molar-refractivity contribution in [2.75, 3.05) is 13.2 Å². The second-order valence-corrected chi connectivity index (χ2v) is 14.6. The Bertz CT molecular complexity index is 728. The van der Waals surface area contributed by atoms with Crippen molar-refractivity contribution in [2.24, 2.45) is 33.5 Å². The van der Waals surface area contributed by atoms with Gasteiger partial charge in [0.05, 0.1) is 13.2 Å². The van der Waals surface area contributed by atoms with E-state index in [-0.39, 0.29) is 0 Å². The highest BCUT2D eigenvalue weighted by molar-refractivity contribution is 6.70. The SMILES string of the molecule is CC1(C)CB(C2=C3CCCCC3=C(B3CC(C)(C)C(C)(C)C3)[C@@H]3COC[C@H]23)CC1(C)C. The summed E-state index contributed by atoms with van der Waals surface area (Å²) < 4.78 is 6.32. The summed E-state index contributed by atoms with van der Waals surface area (Å²) in [6.45, 7) is 23.7. The molecular weight excluding hydrogens is 374 g/mol. The third-order valence-corrected chi connectivity index (χ3v) is 11.6. The molecule has 0 unspecified atom stereocenters. The highest BCUT2D eigenvalue weighted by atomic mass is 16.5. The van der Waals surface area contributed by atoms with Gasteiger partial charge in [0.15, 0.2) is 13.4 Å². The first-order valence-corrected chi connectivity index (χ1v) is 13.4. The number of rotatable bonds is 2. The van der Waals surface area contributed by atoms with Gasteiger partial charge in [0.1, 0.15) is 0 Å². The lowest BCUT2D eigenvalue weighted by Crippen LogP contribution is -2.37. The molecule has 0 bridgehead atoms. The minimum Gasteiger partial charge on any atom is -0.380 e. The van der Waals surface area contributed by atoms with Crippen molar-refractivity contribution >= 4 is 13.4 Å². The third kappa shape index (κ3) is 3.30. The van der Waals surface area contributed by atoms with Crippen LogP contribution in [0.1, 0.15) is 81.1 Å². The molecule has 4 fully saturated rings. The molecule has 0 amide bonds. The summed E-state index contributed by atoms with van der Waals surface area (Å²) in [6, 6.07) is 0. The molecule has 3 aliphatic heterocycles. The van der Waals surface area contributed by atoms with Crippen LogP contribution in [0.2, 0.25) is 25.3 Å². The quantitative estimate of drug-likeness (QED) is 0.418. The summed E-state index contributed by atoms with van der Waals surface area (Å²) in [5.74, 6) is 1.35. The van der Waals surface area contributed by atoms with Crippen molar-refractivity contribution in [2.45, 2.75) is 106 Å². The first kappa shape index (κ1) is 22.4. The number of fused-ring (bicyclic) bond motifs is 2. The largest absolute Gasteiger partial charge is 0.380 e. The minimum absolute atomic E-state index is 0.429. The van der Waals surface area contributed by atoms with E-state index in [4.69, 9.17) is 4.74 Å². The van der Waals surface area contributed by atoms with E-state index in [1.54, 1.807) is 0 Å². The molecular formula is C28H46B2O. The van der Waals surface area contributed by atoms with Gasteiger partial charge in [-0.2, -0.15) is 0 Å². The molecule has 2 aliphatic carbocycles. The first-order valence-electron chi connectivity index (χ1n) is 13.4. The summed E-state index contributed by atoms with van der Waals surface area (Å²) in [7, 11) is 0. The van der Waals surface area contributed by atoms with Gasteiger partial charge < -0.3 is 4.74 Å². The molecule has 5 rings (SSSR count). The standard InChI is InChI=1S/C28H46B2O/c1-25(2)15-29(16-26(25,3)4)23-19-11-9-10-12-20(19)24(22-14-31-13-21(22)23)30-17-27(5,6)28(7,8)18-30/h21-22H,9-18H2,1-8H3/t21-,22+. The van der Waals surface area contributed by atoms with Gasteiger partial charge in [-0.25, -0.2) is 0 Å². The van der Waals surface area contributed by atoms with Gasteiger partial charge in [-0.3, -0.25) is 0 Å². The normalized spacial score (nSPS) is 35.6. The molecule has 5 aliphatic rings. The van der Waals surface area contributed by atoms with Gasteiger partial charge in [0.2, 0.25) is 0 Å². The summed E-state index contributed by atoms with van der Waals surface area (Å²) in [5.41, 5.74) is 9.17. The number of allylic oxidation sites excluding steroid dienone is 2. The Labute approximate surface area is 193 Å². The van der Waals surface area contributed by atoms with E-state index < -0.39 is 0 Å². The molecule has 0 aromatic rings. The molecule has 0 aromatic heterocycles. The fraction of sp³-hybridized carbons (Fsp3) is 0.857. The van der Waals surface area contributed by atoms with Crippen LogP contribution in [-0.4, -0.2) is 26.6 Å². The maximum Gasteiger partial charge on any atom is 0.172 e. The van der Waals surface area contributed by atoms with E-state index in [0.717, 1.165) is 26.6 Å². The van der Waals surface area contributed by atoms with E-state index in [1.807, 2.05) is 22.1 Å². The van der Waals surface area contributed by atoms with Gasteiger partial charge in [-0.15, -0.1) is 0 Å². The molecule has 3 saturated heterocycles. The summed E-state index contributed by atoms with van der Waals surface area (Å²) in [6.07, 6.45) is 11.0. The van der Waals surface area contributed by atoms with Crippen molar-refractivity contribution in [3.8, 4) is 0 Å². The van der Waals surface area contributed by atoms with Crippen molar-refractivity contribution in [1.82, 2.24) is 0 Å². The molecule has 1 nitrogen and oxygen atoms in total. The van der Waals surface area contributed by atoms with Crippen molar-refractivity contribution in [3.05, 3.63) is 22.1 Å². The first-order chi connectivity index (χ1) is 14.3. The molecule has 0 radical (unpaired) electrons. The lowest BCUT2D eigenvalue weighted by Gasteiger charge is -2.40. The number of hydrogen-bond acceptors (Lipinski definition) is 1. The number of hydrogen-bond donors (Lipinski definition) is 0. The lowest BCUT2D eigenvalue weighted by molar-refractivity contribution is 0.177. The maximum absolute atomic E-state index is 6.32. The third-order valence-electron chi connectivity index (χ3n) is 11.6. The van der Waals surface area contributed by atoms with E-state index in [9.17, 15) is 0 Å². The highest BCUT2D eigenvalue weighted by Gasteiger charge is 2.56. The van der Waals surface area contributed by atoms with Gasteiger partial charge in [-0.05, 0) is 47.3 Å². The summed E-state index contributed by atoms with van der Waals surface area (Å²) >= 11 is 0. The zero-order valence-corrected chi connectivity index (χ0v) is 21.8. The van der Waals surface area contributed by atoms with Crippen molar-refractivity contribution in [1.29, 1.82) is 0 Å². The van der Waals surface area contributed by atoms with Crippen molar-refractivity contribution < 1.29 is 4.74 Å². The van der Waals surface area contributed by atoms with Gasteiger partial charge >= 0.3 is 0 Å². The molecule has 0 N–H and O–H groups in total. The average molecular weight is 420 g/mol.